The third kappa shape index (κ3) is 2.82. The highest BCUT2D eigenvalue weighted by Crippen LogP contribution is 2.20. The van der Waals surface area contributed by atoms with Crippen LogP contribution in [-0.2, 0) is 0 Å². The Hall–Kier alpha value is -1.55. The van der Waals surface area contributed by atoms with Crippen LogP contribution in [-0.4, -0.2) is 41.7 Å². The van der Waals surface area contributed by atoms with Crippen molar-refractivity contribution in [2.75, 3.05) is 25.0 Å². The molecule has 4 heteroatoms. The normalized spacial score (nSPS) is 19.0. The SMILES string of the molecule is CCCNc1ccccc1C(=O)N1CCC(O)C1. The monoisotopic (exact) mass is 248 g/mol. The van der Waals surface area contributed by atoms with Gasteiger partial charge in [0.05, 0.1) is 11.7 Å². The van der Waals surface area contributed by atoms with E-state index in [1.54, 1.807) is 4.90 Å². The van der Waals surface area contributed by atoms with E-state index < -0.39 is 0 Å². The van der Waals surface area contributed by atoms with Crippen LogP contribution in [0.4, 0.5) is 5.69 Å². The van der Waals surface area contributed by atoms with E-state index in [-0.39, 0.29) is 12.0 Å². The third-order valence-corrected chi connectivity index (χ3v) is 3.17. The second-order valence-electron chi connectivity index (χ2n) is 4.67. The van der Waals surface area contributed by atoms with E-state index in [0.717, 1.165) is 18.7 Å². The van der Waals surface area contributed by atoms with E-state index in [4.69, 9.17) is 0 Å². The summed E-state index contributed by atoms with van der Waals surface area (Å²) in [6.07, 6.45) is 1.33. The van der Waals surface area contributed by atoms with E-state index in [2.05, 4.69) is 12.2 Å². The van der Waals surface area contributed by atoms with Gasteiger partial charge in [-0.05, 0) is 25.0 Å². The summed E-state index contributed by atoms with van der Waals surface area (Å²) < 4.78 is 0. The van der Waals surface area contributed by atoms with Gasteiger partial charge in [-0.1, -0.05) is 19.1 Å². The molecular weight excluding hydrogens is 228 g/mol. The highest BCUT2D eigenvalue weighted by atomic mass is 16.3. The van der Waals surface area contributed by atoms with E-state index in [9.17, 15) is 9.90 Å². The van der Waals surface area contributed by atoms with E-state index >= 15 is 0 Å². The highest BCUT2D eigenvalue weighted by Gasteiger charge is 2.26. The lowest BCUT2D eigenvalue weighted by Gasteiger charge is -2.18. The predicted molar refractivity (Wildman–Crippen MR) is 71.8 cm³/mol. The Labute approximate surface area is 108 Å². The first-order valence-electron chi connectivity index (χ1n) is 6.52. The van der Waals surface area contributed by atoms with Gasteiger partial charge in [-0.3, -0.25) is 4.79 Å². The number of β-amino-alcohol motifs (C(OH)–C–C–N with tert-alkyl or cyclic N) is 1. The van der Waals surface area contributed by atoms with E-state index in [1.807, 2.05) is 24.3 Å². The largest absolute Gasteiger partial charge is 0.391 e. The van der Waals surface area contributed by atoms with Crippen molar-refractivity contribution in [2.45, 2.75) is 25.9 Å². The van der Waals surface area contributed by atoms with Crippen LogP contribution in [0.3, 0.4) is 0 Å². The molecule has 1 amide bonds. The van der Waals surface area contributed by atoms with Crippen LogP contribution >= 0.6 is 0 Å². The first-order valence-corrected chi connectivity index (χ1v) is 6.52. The van der Waals surface area contributed by atoms with Gasteiger partial charge in [0.25, 0.3) is 5.91 Å². The molecule has 1 aliphatic heterocycles. The van der Waals surface area contributed by atoms with Gasteiger partial charge in [0.2, 0.25) is 0 Å². The molecule has 0 aliphatic carbocycles. The number of carbonyl (C=O) groups excluding carboxylic acids is 1. The Morgan fingerprint density at radius 2 is 2.28 bits per heavy atom. The second kappa shape index (κ2) is 5.87. The molecule has 1 aromatic rings. The number of nitrogens with one attached hydrogen (secondary N) is 1. The highest BCUT2D eigenvalue weighted by molar-refractivity contribution is 5.99. The lowest BCUT2D eigenvalue weighted by Crippen LogP contribution is -2.30. The molecule has 1 fully saturated rings. The molecule has 1 aliphatic rings. The van der Waals surface area contributed by atoms with Crippen LogP contribution in [0.5, 0.6) is 0 Å². The Morgan fingerprint density at radius 3 is 2.94 bits per heavy atom. The first kappa shape index (κ1) is 12.9. The van der Waals surface area contributed by atoms with Crippen molar-refractivity contribution in [3.8, 4) is 0 Å². The molecule has 0 radical (unpaired) electrons. The van der Waals surface area contributed by atoms with Gasteiger partial charge in [-0.15, -0.1) is 0 Å². The number of benzene rings is 1. The zero-order valence-corrected chi connectivity index (χ0v) is 10.7. The molecule has 98 valence electrons. The molecule has 1 saturated heterocycles. The van der Waals surface area contributed by atoms with Crippen LogP contribution < -0.4 is 5.32 Å². The number of likely N-dealkylation sites (tertiary alicyclic amines) is 1. The van der Waals surface area contributed by atoms with Crippen molar-refractivity contribution in [3.63, 3.8) is 0 Å². The van der Waals surface area contributed by atoms with Crippen molar-refractivity contribution in [1.82, 2.24) is 4.90 Å². The van der Waals surface area contributed by atoms with Crippen LogP contribution in [0, 0.1) is 0 Å². The summed E-state index contributed by atoms with van der Waals surface area (Å²) in [7, 11) is 0. The number of amides is 1. The van der Waals surface area contributed by atoms with Gasteiger partial charge in [0.15, 0.2) is 0 Å². The maximum Gasteiger partial charge on any atom is 0.256 e. The van der Waals surface area contributed by atoms with Crippen LogP contribution in [0.2, 0.25) is 0 Å². The lowest BCUT2D eigenvalue weighted by molar-refractivity contribution is 0.0766. The Balaban J connectivity index is 2.14. The van der Waals surface area contributed by atoms with Crippen LogP contribution in [0.1, 0.15) is 30.1 Å². The second-order valence-corrected chi connectivity index (χ2v) is 4.67. The summed E-state index contributed by atoms with van der Waals surface area (Å²) in [5.74, 6) is 0.00533. The van der Waals surface area contributed by atoms with Crippen molar-refractivity contribution in [1.29, 1.82) is 0 Å². The van der Waals surface area contributed by atoms with Crippen LogP contribution in [0.15, 0.2) is 24.3 Å². The fourth-order valence-corrected chi connectivity index (χ4v) is 2.18. The van der Waals surface area contributed by atoms with Gasteiger partial charge >= 0.3 is 0 Å². The predicted octanol–water partition coefficient (Wildman–Crippen LogP) is 1.72. The molecule has 4 nitrogen and oxygen atoms in total. The number of nitrogens with zero attached hydrogens (tertiary/aromatic N) is 1. The molecule has 2 rings (SSSR count). The van der Waals surface area contributed by atoms with Gasteiger partial charge in [0, 0.05) is 25.3 Å². The molecule has 1 aromatic carbocycles. The number of carbonyl (C=O) groups is 1. The van der Waals surface area contributed by atoms with Gasteiger partial charge in [-0.2, -0.15) is 0 Å². The van der Waals surface area contributed by atoms with Gasteiger partial charge in [0.1, 0.15) is 0 Å². The zero-order valence-electron chi connectivity index (χ0n) is 10.7. The number of rotatable bonds is 4. The minimum Gasteiger partial charge on any atom is -0.391 e. The quantitative estimate of drug-likeness (QED) is 0.853. The molecule has 0 saturated carbocycles. The average molecular weight is 248 g/mol. The smallest absolute Gasteiger partial charge is 0.256 e. The topological polar surface area (TPSA) is 52.6 Å². The summed E-state index contributed by atoms with van der Waals surface area (Å²) in [5.41, 5.74) is 1.57. The lowest BCUT2D eigenvalue weighted by atomic mass is 10.1. The van der Waals surface area contributed by atoms with Crippen molar-refractivity contribution in [3.05, 3.63) is 29.8 Å². The third-order valence-electron chi connectivity index (χ3n) is 3.17. The molecule has 1 heterocycles. The molecule has 0 spiro atoms. The molecule has 1 unspecified atom stereocenters. The number of hydrogen-bond donors (Lipinski definition) is 2. The summed E-state index contributed by atoms with van der Waals surface area (Å²) in [5, 5.41) is 12.8. The zero-order chi connectivity index (χ0) is 13.0. The number of aliphatic hydroxyl groups excluding tert-OH is 1. The Morgan fingerprint density at radius 1 is 1.50 bits per heavy atom. The summed E-state index contributed by atoms with van der Waals surface area (Å²) in [6.45, 7) is 4.03. The summed E-state index contributed by atoms with van der Waals surface area (Å²) >= 11 is 0. The van der Waals surface area contributed by atoms with Crippen molar-refractivity contribution >= 4 is 11.6 Å². The number of para-hydroxylation sites is 1. The van der Waals surface area contributed by atoms with Crippen molar-refractivity contribution < 1.29 is 9.90 Å². The van der Waals surface area contributed by atoms with E-state index in [0.29, 0.717) is 25.1 Å². The maximum atomic E-state index is 12.4. The summed E-state index contributed by atoms with van der Waals surface area (Å²) in [4.78, 5) is 14.1. The molecule has 1 atom stereocenters. The van der Waals surface area contributed by atoms with E-state index in [1.165, 1.54) is 0 Å². The number of hydrogen-bond acceptors (Lipinski definition) is 3. The fraction of sp³-hybridized carbons (Fsp3) is 0.500. The molecular formula is C14H20N2O2. The average Bonchev–Trinajstić information content (AvgIpc) is 2.82. The van der Waals surface area contributed by atoms with Gasteiger partial charge < -0.3 is 15.3 Å². The number of aliphatic hydroxyl groups is 1. The van der Waals surface area contributed by atoms with Crippen LogP contribution in [0.25, 0.3) is 0 Å². The minimum atomic E-state index is -0.371. The molecule has 18 heavy (non-hydrogen) atoms. The first-order chi connectivity index (χ1) is 8.72. The van der Waals surface area contributed by atoms with Gasteiger partial charge in [-0.25, -0.2) is 0 Å². The Kier molecular flexibility index (Phi) is 4.20. The Bertz CT molecular complexity index is 420. The summed E-state index contributed by atoms with van der Waals surface area (Å²) in [6, 6.07) is 7.56. The molecule has 0 aromatic heterocycles. The fourth-order valence-electron chi connectivity index (χ4n) is 2.18. The van der Waals surface area contributed by atoms with Crippen molar-refractivity contribution in [2.24, 2.45) is 0 Å². The molecule has 2 N–H and O–H groups in total. The number of anilines is 1. The molecule has 0 bridgehead atoms. The maximum absolute atomic E-state index is 12.4. The standard InChI is InChI=1S/C14H20N2O2/c1-2-8-15-13-6-4-3-5-12(13)14(18)16-9-7-11(17)10-16/h3-6,11,15,17H,2,7-10H2,1H3. The minimum absolute atomic E-state index is 0.00533.